The Morgan fingerprint density at radius 2 is 1.82 bits per heavy atom. The van der Waals surface area contributed by atoms with E-state index in [1.807, 2.05) is 0 Å². The Bertz CT molecular complexity index is 1350. The molecule has 2 heterocycles. The number of rotatable bonds is 3. The maximum Gasteiger partial charge on any atom is 0.423 e. The average Bonchev–Trinajstić information content (AvgIpc) is 3.23. The van der Waals surface area contributed by atoms with Crippen molar-refractivity contribution in [3.05, 3.63) is 33.8 Å². The fourth-order valence-electron chi connectivity index (χ4n) is 6.31. The topological polar surface area (TPSA) is 131 Å². The van der Waals surface area contributed by atoms with Crippen LogP contribution >= 0.6 is 55.1 Å². The molecule has 2 saturated heterocycles. The number of imide groups is 4. The van der Waals surface area contributed by atoms with Crippen LogP contribution in [-0.4, -0.2) is 74.1 Å². The summed E-state index contributed by atoms with van der Waals surface area (Å²) in [5.41, 5.74) is 0.759. The van der Waals surface area contributed by atoms with E-state index in [2.05, 4.69) is 36.6 Å². The molecule has 3 fully saturated rings. The van der Waals surface area contributed by atoms with Crippen LogP contribution in [0.4, 0.5) is 4.79 Å². The van der Waals surface area contributed by atoms with E-state index in [1.54, 1.807) is 6.08 Å². The number of hydrogen-bond acceptors (Lipinski definition) is 8. The monoisotopic (exact) mass is 692 g/mol. The summed E-state index contributed by atoms with van der Waals surface area (Å²) in [6.07, 6.45) is 0.499. The normalized spacial score (nSPS) is 34.1. The van der Waals surface area contributed by atoms with E-state index in [-0.39, 0.29) is 34.3 Å². The van der Waals surface area contributed by atoms with Gasteiger partial charge in [0.1, 0.15) is 0 Å². The third kappa shape index (κ3) is 3.32. The molecule has 2 aliphatic carbocycles. The van der Waals surface area contributed by atoms with Crippen molar-refractivity contribution in [2.45, 2.75) is 28.5 Å². The molecule has 5 amide bonds. The smallest absolute Gasteiger partial charge is 0.423 e. The Kier molecular flexibility index (Phi) is 6.64. The molecule has 0 bridgehead atoms. The van der Waals surface area contributed by atoms with Crippen LogP contribution in [0.25, 0.3) is 0 Å². The number of nitrogens with zero attached hydrogens (tertiary/aromatic N) is 2. The van der Waals surface area contributed by atoms with Gasteiger partial charge in [-0.1, -0.05) is 27.6 Å². The SMILES string of the molecule is COC(=O)N1C(=O)C2CC=C3C(CC4(Cl)C(=O)N(CBr)C(=O)C4(Cl)C3c3cc(Br)c(O)c(OC)c3)C2C1=O. The predicted octanol–water partition coefficient (Wildman–Crippen LogP) is 3.64. The summed E-state index contributed by atoms with van der Waals surface area (Å²) >= 11 is 20.7. The van der Waals surface area contributed by atoms with Gasteiger partial charge < -0.3 is 14.6 Å². The Hall–Kier alpha value is -2.15. The van der Waals surface area contributed by atoms with Crippen LogP contribution in [0.2, 0.25) is 0 Å². The lowest BCUT2D eigenvalue weighted by Crippen LogP contribution is -2.60. The molecule has 1 aromatic carbocycles. The van der Waals surface area contributed by atoms with Crippen LogP contribution in [-0.2, 0) is 23.9 Å². The molecule has 6 unspecified atom stereocenters. The lowest BCUT2D eigenvalue weighted by molar-refractivity contribution is -0.140. The zero-order valence-corrected chi connectivity index (χ0v) is 24.6. The van der Waals surface area contributed by atoms with Crippen molar-refractivity contribution in [1.29, 1.82) is 0 Å². The van der Waals surface area contributed by atoms with Crippen molar-refractivity contribution in [3.63, 3.8) is 0 Å². The van der Waals surface area contributed by atoms with Gasteiger partial charge in [-0.05, 0) is 52.4 Å². The highest BCUT2D eigenvalue weighted by Crippen LogP contribution is 2.66. The number of benzene rings is 1. The minimum absolute atomic E-state index is 0.0735. The van der Waals surface area contributed by atoms with E-state index in [1.165, 1.54) is 19.2 Å². The van der Waals surface area contributed by atoms with Gasteiger partial charge in [-0.15, -0.1) is 23.2 Å². The number of hydrogen-bond donors (Lipinski definition) is 1. The van der Waals surface area contributed by atoms with Gasteiger partial charge in [0.15, 0.2) is 21.2 Å². The highest BCUT2D eigenvalue weighted by Gasteiger charge is 2.76. The van der Waals surface area contributed by atoms with Gasteiger partial charge in [-0.3, -0.25) is 24.1 Å². The molecule has 1 N–H and O–H groups in total. The molecule has 14 heteroatoms. The number of allylic oxidation sites excluding steroid dienone is 2. The second kappa shape index (κ2) is 9.21. The van der Waals surface area contributed by atoms with Gasteiger partial charge in [-0.25, -0.2) is 4.79 Å². The first-order valence-electron chi connectivity index (χ1n) is 11.4. The van der Waals surface area contributed by atoms with Crippen LogP contribution in [0, 0.1) is 17.8 Å². The van der Waals surface area contributed by atoms with Gasteiger partial charge in [-0.2, -0.15) is 4.90 Å². The number of carbonyl (C=O) groups excluding carboxylic acids is 5. The molecule has 4 aliphatic rings. The standard InChI is InChI=1S/C24H20Br2Cl2N2O8/c1-37-14-6-9(5-13(26)17(14)31)16-10-3-4-11-15(19(33)30(18(11)32)22(36)38-2)12(10)7-23(27)20(34)29(8-25)21(35)24(16,23)28/h3,5-6,11-12,15-16,31H,4,7-8H2,1-2H3. The van der Waals surface area contributed by atoms with E-state index in [0.717, 1.165) is 12.0 Å². The summed E-state index contributed by atoms with van der Waals surface area (Å²) in [7, 11) is 2.41. The summed E-state index contributed by atoms with van der Waals surface area (Å²) in [6, 6.07) is 3.02. The second-order valence-corrected chi connectivity index (χ2v) is 12.1. The Balaban J connectivity index is 1.75. The summed E-state index contributed by atoms with van der Waals surface area (Å²) in [5.74, 6) is -6.81. The zero-order valence-electron chi connectivity index (χ0n) is 19.9. The lowest BCUT2D eigenvalue weighted by atomic mass is 9.56. The minimum atomic E-state index is -2.01. The van der Waals surface area contributed by atoms with Crippen LogP contribution < -0.4 is 4.74 Å². The van der Waals surface area contributed by atoms with Gasteiger partial charge >= 0.3 is 6.09 Å². The quantitative estimate of drug-likeness (QED) is 0.220. The maximum atomic E-state index is 13.7. The number of amides is 5. The van der Waals surface area contributed by atoms with Gasteiger partial charge in [0.05, 0.1) is 36.0 Å². The molecule has 202 valence electrons. The number of likely N-dealkylation sites (tertiary alicyclic amines) is 2. The van der Waals surface area contributed by atoms with Gasteiger partial charge in [0.25, 0.3) is 11.8 Å². The van der Waals surface area contributed by atoms with E-state index < -0.39 is 63.1 Å². The highest BCUT2D eigenvalue weighted by atomic mass is 79.9. The van der Waals surface area contributed by atoms with Crippen molar-refractivity contribution >= 4 is 84.8 Å². The molecule has 5 rings (SSSR count). The van der Waals surface area contributed by atoms with Crippen molar-refractivity contribution in [2.24, 2.45) is 17.8 Å². The van der Waals surface area contributed by atoms with Crippen molar-refractivity contribution in [3.8, 4) is 11.5 Å². The van der Waals surface area contributed by atoms with E-state index >= 15 is 0 Å². The lowest BCUT2D eigenvalue weighted by Gasteiger charge is -2.50. The van der Waals surface area contributed by atoms with E-state index in [9.17, 15) is 29.1 Å². The van der Waals surface area contributed by atoms with Crippen molar-refractivity contribution < 1.29 is 38.6 Å². The third-order valence-electron chi connectivity index (χ3n) is 7.98. The van der Waals surface area contributed by atoms with Crippen LogP contribution in [0.15, 0.2) is 28.3 Å². The van der Waals surface area contributed by atoms with E-state index in [0.29, 0.717) is 16.0 Å². The number of methoxy groups -OCH3 is 2. The molecule has 38 heavy (non-hydrogen) atoms. The number of fused-ring (bicyclic) bond motifs is 4. The molecule has 1 saturated carbocycles. The summed E-state index contributed by atoms with van der Waals surface area (Å²) in [6.45, 7) is 0. The van der Waals surface area contributed by atoms with Crippen LogP contribution in [0.5, 0.6) is 11.5 Å². The first kappa shape index (κ1) is 27.4. The minimum Gasteiger partial charge on any atom is -0.503 e. The Labute approximate surface area is 243 Å². The molecular formula is C24H20Br2Cl2N2O8. The number of ether oxygens (including phenoxy) is 2. The number of aromatic hydroxyl groups is 1. The Morgan fingerprint density at radius 3 is 2.42 bits per heavy atom. The predicted molar refractivity (Wildman–Crippen MR) is 140 cm³/mol. The largest absolute Gasteiger partial charge is 0.503 e. The molecule has 10 nitrogen and oxygen atoms in total. The maximum absolute atomic E-state index is 13.7. The number of phenolic OH excluding ortho intramolecular Hbond substituents is 1. The summed E-state index contributed by atoms with van der Waals surface area (Å²) in [5, 5.41) is 10.4. The van der Waals surface area contributed by atoms with Crippen molar-refractivity contribution in [1.82, 2.24) is 9.80 Å². The number of halogens is 4. The highest BCUT2D eigenvalue weighted by molar-refractivity contribution is 9.10. The average molecular weight is 695 g/mol. The molecule has 2 aliphatic heterocycles. The second-order valence-electron chi connectivity index (χ2n) is 9.52. The van der Waals surface area contributed by atoms with Crippen LogP contribution in [0.1, 0.15) is 24.3 Å². The molecule has 1 aromatic rings. The van der Waals surface area contributed by atoms with Crippen LogP contribution in [0.3, 0.4) is 0 Å². The molecule has 0 spiro atoms. The first-order valence-corrected chi connectivity index (χ1v) is 14.1. The fourth-order valence-corrected chi connectivity index (χ4v) is 8.20. The van der Waals surface area contributed by atoms with Gasteiger partial charge in [0, 0.05) is 5.92 Å². The van der Waals surface area contributed by atoms with Crippen molar-refractivity contribution in [2.75, 3.05) is 19.7 Å². The number of alkyl halides is 3. The molecule has 6 atom stereocenters. The van der Waals surface area contributed by atoms with Gasteiger partial charge in [0.2, 0.25) is 11.8 Å². The first-order chi connectivity index (χ1) is 17.9. The Morgan fingerprint density at radius 1 is 1.13 bits per heavy atom. The fraction of sp³-hybridized carbons (Fsp3) is 0.458. The third-order valence-corrected chi connectivity index (χ3v) is 10.5. The number of carbonyl (C=O) groups is 5. The molecular weight excluding hydrogens is 675 g/mol. The summed E-state index contributed by atoms with van der Waals surface area (Å²) < 4.78 is 10.2. The zero-order chi connectivity index (χ0) is 27.9. The number of phenols is 1. The molecule has 0 aromatic heterocycles. The molecule has 0 radical (unpaired) electrons. The van der Waals surface area contributed by atoms with E-state index in [4.69, 9.17) is 27.9 Å². The summed E-state index contributed by atoms with van der Waals surface area (Å²) in [4.78, 5) is 63.5.